The molecule has 130 valence electrons. The van der Waals surface area contributed by atoms with Crippen molar-refractivity contribution in [3.8, 4) is 0 Å². The van der Waals surface area contributed by atoms with Gasteiger partial charge in [-0.05, 0) is 38.3 Å². The van der Waals surface area contributed by atoms with Crippen LogP contribution in [0.2, 0.25) is 0 Å². The minimum absolute atomic E-state index is 0.0987. The molecule has 25 heavy (non-hydrogen) atoms. The Hall–Kier alpha value is -2.54. The first-order valence-corrected chi connectivity index (χ1v) is 8.93. The Morgan fingerprint density at radius 2 is 1.88 bits per heavy atom. The highest BCUT2D eigenvalue weighted by atomic mass is 32.2. The molecule has 3 amide bonds. The van der Waals surface area contributed by atoms with Crippen molar-refractivity contribution >= 4 is 51.0 Å². The van der Waals surface area contributed by atoms with Gasteiger partial charge in [-0.15, -0.1) is 0 Å². The summed E-state index contributed by atoms with van der Waals surface area (Å²) in [5, 5.41) is 11.1. The number of rotatable bonds is 2. The molecule has 3 N–H and O–H groups in total. The van der Waals surface area contributed by atoms with Gasteiger partial charge in [-0.2, -0.15) is 0 Å². The van der Waals surface area contributed by atoms with Crippen LogP contribution in [0.15, 0.2) is 41.4 Å². The molecule has 0 radical (unpaired) electrons. The number of urea groups is 1. The van der Waals surface area contributed by atoms with Gasteiger partial charge in [0.25, 0.3) is 0 Å². The van der Waals surface area contributed by atoms with Crippen molar-refractivity contribution < 1.29 is 9.59 Å². The lowest BCUT2D eigenvalue weighted by atomic mass is 10.1. The van der Waals surface area contributed by atoms with Crippen LogP contribution in [0.1, 0.15) is 20.8 Å². The number of nitrogens with zero attached hydrogens (tertiary/aromatic N) is 1. The van der Waals surface area contributed by atoms with Crippen LogP contribution in [0.3, 0.4) is 0 Å². The van der Waals surface area contributed by atoms with Crippen molar-refractivity contribution in [3.05, 3.63) is 36.4 Å². The highest BCUT2D eigenvalue weighted by molar-refractivity contribution is 8.14. The van der Waals surface area contributed by atoms with Crippen LogP contribution in [0.25, 0.3) is 10.8 Å². The summed E-state index contributed by atoms with van der Waals surface area (Å²) in [6, 6.07) is 11.5. The molecule has 0 aromatic heterocycles. The first-order chi connectivity index (χ1) is 11.8. The van der Waals surface area contributed by atoms with Crippen LogP contribution in [-0.2, 0) is 4.79 Å². The van der Waals surface area contributed by atoms with Crippen molar-refractivity contribution in [2.24, 2.45) is 4.99 Å². The Balaban J connectivity index is 1.63. The maximum Gasteiger partial charge on any atom is 0.321 e. The first-order valence-electron chi connectivity index (χ1n) is 7.94. The van der Waals surface area contributed by atoms with Gasteiger partial charge in [0, 0.05) is 10.9 Å². The predicted octanol–water partition coefficient (Wildman–Crippen LogP) is 3.61. The van der Waals surface area contributed by atoms with E-state index in [1.54, 1.807) is 0 Å². The van der Waals surface area contributed by atoms with Gasteiger partial charge in [0.1, 0.15) is 0 Å². The molecule has 1 aliphatic heterocycles. The van der Waals surface area contributed by atoms with Crippen molar-refractivity contribution in [2.75, 3.05) is 11.1 Å². The molecule has 1 heterocycles. The fourth-order valence-electron chi connectivity index (χ4n) is 2.51. The van der Waals surface area contributed by atoms with Crippen LogP contribution in [0.5, 0.6) is 0 Å². The summed E-state index contributed by atoms with van der Waals surface area (Å²) in [6.07, 6.45) is 0. The monoisotopic (exact) mass is 356 g/mol. The van der Waals surface area contributed by atoms with Gasteiger partial charge in [-0.3, -0.25) is 10.1 Å². The normalized spacial score (nSPS) is 13.0. The highest BCUT2D eigenvalue weighted by Crippen LogP contribution is 2.36. The number of nitrogens with one attached hydrogen (secondary N) is 3. The van der Waals surface area contributed by atoms with Crippen molar-refractivity contribution in [1.29, 1.82) is 0 Å². The molecule has 2 aromatic carbocycles. The first kappa shape index (κ1) is 17.3. The maximum atomic E-state index is 11.9. The molecule has 0 saturated carbocycles. The number of imide groups is 1. The quantitative estimate of drug-likeness (QED) is 0.768. The summed E-state index contributed by atoms with van der Waals surface area (Å²) in [7, 11) is 0. The van der Waals surface area contributed by atoms with Gasteiger partial charge >= 0.3 is 6.03 Å². The molecule has 7 heteroatoms. The van der Waals surface area contributed by atoms with Crippen LogP contribution < -0.4 is 16.0 Å². The molecule has 0 fully saturated rings. The average Bonchev–Trinajstić information content (AvgIpc) is 2.51. The Kier molecular flexibility index (Phi) is 4.67. The van der Waals surface area contributed by atoms with Gasteiger partial charge in [0.05, 0.1) is 17.1 Å². The number of aliphatic imine (C=N–C) groups is 1. The van der Waals surface area contributed by atoms with E-state index in [9.17, 15) is 9.59 Å². The number of carbonyl (C=O) groups excluding carboxylic acids is 2. The van der Waals surface area contributed by atoms with Crippen molar-refractivity contribution in [2.45, 2.75) is 26.3 Å². The molecule has 0 bridgehead atoms. The van der Waals surface area contributed by atoms with Crippen LogP contribution in [0, 0.1) is 0 Å². The second-order valence-electron chi connectivity index (χ2n) is 6.76. The number of amides is 3. The number of anilines is 1. The molecule has 2 aromatic rings. The van der Waals surface area contributed by atoms with E-state index in [1.807, 2.05) is 57.2 Å². The number of amidine groups is 1. The second kappa shape index (κ2) is 6.76. The largest absolute Gasteiger partial charge is 0.334 e. The summed E-state index contributed by atoms with van der Waals surface area (Å²) in [4.78, 5) is 28.2. The van der Waals surface area contributed by atoms with Crippen molar-refractivity contribution in [3.63, 3.8) is 0 Å². The summed E-state index contributed by atoms with van der Waals surface area (Å²) in [6.45, 7) is 5.56. The zero-order valence-corrected chi connectivity index (χ0v) is 15.2. The summed E-state index contributed by atoms with van der Waals surface area (Å²) >= 11 is 1.26. The number of hydrogen-bond acceptors (Lipinski definition) is 5. The van der Waals surface area contributed by atoms with Gasteiger partial charge in [0.2, 0.25) is 5.91 Å². The minimum Gasteiger partial charge on any atom is -0.334 e. The number of benzene rings is 2. The smallest absolute Gasteiger partial charge is 0.321 e. The van der Waals surface area contributed by atoms with E-state index in [1.165, 1.54) is 11.8 Å². The highest BCUT2D eigenvalue weighted by Gasteiger charge is 2.18. The minimum atomic E-state index is -0.494. The fourth-order valence-corrected chi connectivity index (χ4v) is 3.19. The topological polar surface area (TPSA) is 82.6 Å². The zero-order chi connectivity index (χ0) is 18.0. The Morgan fingerprint density at radius 1 is 1.16 bits per heavy atom. The van der Waals surface area contributed by atoms with Gasteiger partial charge in [-0.1, -0.05) is 36.0 Å². The van der Waals surface area contributed by atoms with E-state index in [0.29, 0.717) is 5.17 Å². The van der Waals surface area contributed by atoms with E-state index >= 15 is 0 Å². The Bertz CT molecular complexity index is 866. The van der Waals surface area contributed by atoms with E-state index in [2.05, 4.69) is 20.9 Å². The van der Waals surface area contributed by atoms with Crippen LogP contribution in [-0.4, -0.2) is 28.4 Å². The van der Waals surface area contributed by atoms with Crippen LogP contribution >= 0.6 is 11.8 Å². The van der Waals surface area contributed by atoms with Crippen molar-refractivity contribution in [1.82, 2.24) is 10.6 Å². The molecule has 1 aliphatic rings. The number of thioether (sulfide) groups is 1. The maximum absolute atomic E-state index is 11.9. The number of carbonyl (C=O) groups is 2. The average molecular weight is 356 g/mol. The molecular weight excluding hydrogens is 336 g/mol. The van der Waals surface area contributed by atoms with E-state index in [0.717, 1.165) is 22.1 Å². The van der Waals surface area contributed by atoms with E-state index in [-0.39, 0.29) is 11.7 Å². The molecule has 0 unspecified atom stereocenters. The Labute approximate surface area is 150 Å². The molecule has 3 rings (SSSR count). The van der Waals surface area contributed by atoms with Gasteiger partial charge in [-0.25, -0.2) is 9.79 Å². The third kappa shape index (κ3) is 4.30. The molecule has 0 aliphatic carbocycles. The second-order valence-corrected chi connectivity index (χ2v) is 7.73. The SMILES string of the molecule is CC(C)(C)NC(=O)NC(=O)CSC1=Nc2cccc3cccc(c23)N1. The molecule has 0 saturated heterocycles. The lowest BCUT2D eigenvalue weighted by molar-refractivity contribution is -0.117. The lowest BCUT2D eigenvalue weighted by Gasteiger charge is -2.20. The predicted molar refractivity (Wildman–Crippen MR) is 104 cm³/mol. The standard InChI is InChI=1S/C18H20N4O2S/c1-18(2,3)22-16(24)21-14(23)10-25-17-19-12-8-4-6-11-7-5-9-13(20-17)15(11)12/h4-9H,10H2,1-3H3,(H,19,20)(H2,21,22,23,24). The fraction of sp³-hybridized carbons (Fsp3) is 0.278. The third-order valence-corrected chi connectivity index (χ3v) is 4.30. The zero-order valence-electron chi connectivity index (χ0n) is 14.3. The van der Waals surface area contributed by atoms with E-state index in [4.69, 9.17) is 0 Å². The third-order valence-electron chi connectivity index (χ3n) is 3.43. The molecule has 6 nitrogen and oxygen atoms in total. The van der Waals surface area contributed by atoms with E-state index < -0.39 is 11.6 Å². The summed E-state index contributed by atoms with van der Waals surface area (Å²) < 4.78 is 0. The molecule has 0 spiro atoms. The van der Waals surface area contributed by atoms with Crippen LogP contribution in [0.4, 0.5) is 16.2 Å². The lowest BCUT2D eigenvalue weighted by Crippen LogP contribution is -2.48. The summed E-state index contributed by atoms with van der Waals surface area (Å²) in [5.74, 6) is -0.269. The summed E-state index contributed by atoms with van der Waals surface area (Å²) in [5.41, 5.74) is 1.45. The molecular formula is C18H20N4O2S. The Morgan fingerprint density at radius 3 is 2.60 bits per heavy atom. The molecule has 0 atom stereocenters. The van der Waals surface area contributed by atoms with Gasteiger partial charge < -0.3 is 10.6 Å². The van der Waals surface area contributed by atoms with Gasteiger partial charge in [0.15, 0.2) is 5.17 Å². The number of hydrogen-bond donors (Lipinski definition) is 3.